The molecule has 0 aliphatic carbocycles. The molecule has 1 rings (SSSR count). The zero-order chi connectivity index (χ0) is 9.84. The van der Waals surface area contributed by atoms with Gasteiger partial charge in [0.2, 0.25) is 0 Å². The Kier molecular flexibility index (Phi) is 3.94. The van der Waals surface area contributed by atoms with Crippen LogP contribution in [0.1, 0.15) is 43.7 Å². The van der Waals surface area contributed by atoms with Crippen LogP contribution in [0.5, 0.6) is 0 Å². The average molecular weight is 197 g/mol. The summed E-state index contributed by atoms with van der Waals surface area (Å²) in [6.07, 6.45) is 2.26. The minimum absolute atomic E-state index is 0.236. The van der Waals surface area contributed by atoms with Gasteiger partial charge in [-0.05, 0) is 29.3 Å². The molecule has 0 aromatic carbocycles. The molecule has 13 heavy (non-hydrogen) atoms. The van der Waals surface area contributed by atoms with Gasteiger partial charge in [-0.15, -0.1) is 11.3 Å². The highest BCUT2D eigenvalue weighted by atomic mass is 32.1. The van der Waals surface area contributed by atoms with Crippen molar-refractivity contribution >= 4 is 11.3 Å². The summed E-state index contributed by atoms with van der Waals surface area (Å²) >= 11 is 1.80. The van der Waals surface area contributed by atoms with Crippen molar-refractivity contribution in [3.05, 3.63) is 21.9 Å². The summed E-state index contributed by atoms with van der Waals surface area (Å²) in [5.74, 6) is 0.587. The van der Waals surface area contributed by atoms with E-state index in [1.807, 2.05) is 0 Å². The molecule has 0 radical (unpaired) electrons. The van der Waals surface area contributed by atoms with Gasteiger partial charge in [-0.3, -0.25) is 0 Å². The smallest absolute Gasteiger partial charge is 0.0418 e. The number of nitrogens with two attached hydrogens (primary N) is 1. The summed E-state index contributed by atoms with van der Waals surface area (Å²) < 4.78 is 0. The maximum atomic E-state index is 6.18. The van der Waals surface area contributed by atoms with E-state index in [0.717, 1.165) is 12.8 Å². The van der Waals surface area contributed by atoms with Crippen molar-refractivity contribution < 1.29 is 0 Å². The molecule has 1 aromatic heterocycles. The van der Waals surface area contributed by atoms with Crippen LogP contribution in [-0.2, 0) is 6.42 Å². The largest absolute Gasteiger partial charge is 0.323 e. The molecule has 0 saturated heterocycles. The first kappa shape index (κ1) is 10.7. The second-order valence-corrected chi connectivity index (χ2v) is 4.52. The molecule has 2 atom stereocenters. The molecule has 0 aliphatic heterocycles. The first-order valence-electron chi connectivity index (χ1n) is 5.02. The number of thiophene rings is 1. The lowest BCUT2D eigenvalue weighted by atomic mass is 9.96. The Hall–Kier alpha value is -0.340. The normalized spacial score (nSPS) is 15.7. The molecule has 0 fully saturated rings. The van der Waals surface area contributed by atoms with Gasteiger partial charge in [0.15, 0.2) is 0 Å². The van der Waals surface area contributed by atoms with Crippen molar-refractivity contribution in [2.24, 2.45) is 11.7 Å². The van der Waals surface area contributed by atoms with E-state index in [0.29, 0.717) is 5.92 Å². The Bertz CT molecular complexity index is 254. The van der Waals surface area contributed by atoms with Crippen molar-refractivity contribution in [3.8, 4) is 0 Å². The summed E-state index contributed by atoms with van der Waals surface area (Å²) in [5.41, 5.74) is 7.61. The Balaban J connectivity index is 2.81. The lowest BCUT2D eigenvalue weighted by molar-refractivity contribution is 0.460. The molecule has 1 nitrogen and oxygen atoms in total. The zero-order valence-electron chi connectivity index (χ0n) is 8.71. The van der Waals surface area contributed by atoms with Crippen LogP contribution in [0.3, 0.4) is 0 Å². The first-order valence-corrected chi connectivity index (χ1v) is 5.90. The molecule has 2 N–H and O–H groups in total. The Morgan fingerprint density at radius 3 is 2.69 bits per heavy atom. The van der Waals surface area contributed by atoms with Gasteiger partial charge in [-0.1, -0.05) is 27.2 Å². The van der Waals surface area contributed by atoms with Crippen molar-refractivity contribution in [2.45, 2.75) is 39.7 Å². The van der Waals surface area contributed by atoms with Gasteiger partial charge in [-0.2, -0.15) is 0 Å². The molecule has 1 aromatic rings. The fourth-order valence-electron chi connectivity index (χ4n) is 1.44. The van der Waals surface area contributed by atoms with Gasteiger partial charge in [0.25, 0.3) is 0 Å². The van der Waals surface area contributed by atoms with Crippen LogP contribution >= 0.6 is 11.3 Å². The summed E-state index contributed by atoms with van der Waals surface area (Å²) in [6, 6.07) is 2.43. The van der Waals surface area contributed by atoms with Gasteiger partial charge in [0, 0.05) is 10.9 Å². The molecule has 0 bridgehead atoms. The van der Waals surface area contributed by atoms with Gasteiger partial charge in [0.1, 0.15) is 0 Å². The monoisotopic (exact) mass is 197 g/mol. The highest BCUT2D eigenvalue weighted by Crippen LogP contribution is 2.29. The fourth-order valence-corrected chi connectivity index (χ4v) is 2.58. The lowest BCUT2D eigenvalue weighted by Crippen LogP contribution is -2.18. The van der Waals surface area contributed by atoms with E-state index in [1.54, 1.807) is 11.3 Å². The predicted molar refractivity (Wildman–Crippen MR) is 60.1 cm³/mol. The number of hydrogen-bond donors (Lipinski definition) is 1. The third-order valence-electron chi connectivity index (χ3n) is 2.72. The minimum atomic E-state index is 0.236. The number of hydrogen-bond acceptors (Lipinski definition) is 2. The van der Waals surface area contributed by atoms with Gasteiger partial charge < -0.3 is 5.73 Å². The molecule has 74 valence electrons. The summed E-state index contributed by atoms with van der Waals surface area (Å²) in [4.78, 5) is 1.39. The third-order valence-corrected chi connectivity index (χ3v) is 3.78. The van der Waals surface area contributed by atoms with Crippen LogP contribution in [0.2, 0.25) is 0 Å². The van der Waals surface area contributed by atoms with Crippen LogP contribution in [-0.4, -0.2) is 0 Å². The van der Waals surface area contributed by atoms with Crippen LogP contribution in [0.25, 0.3) is 0 Å². The second kappa shape index (κ2) is 4.77. The average Bonchev–Trinajstić information content (AvgIpc) is 2.62. The first-order chi connectivity index (χ1) is 6.20. The lowest BCUT2D eigenvalue weighted by Gasteiger charge is -2.18. The second-order valence-electron chi connectivity index (χ2n) is 3.57. The summed E-state index contributed by atoms with van der Waals surface area (Å²) in [6.45, 7) is 6.61. The van der Waals surface area contributed by atoms with Crippen LogP contribution in [0.15, 0.2) is 11.4 Å². The summed E-state index contributed by atoms with van der Waals surface area (Å²) in [5, 5.41) is 2.15. The van der Waals surface area contributed by atoms with E-state index >= 15 is 0 Å². The third kappa shape index (κ3) is 2.32. The van der Waals surface area contributed by atoms with E-state index in [2.05, 4.69) is 32.2 Å². The highest BCUT2D eigenvalue weighted by molar-refractivity contribution is 7.10. The fraction of sp³-hybridized carbons (Fsp3) is 0.636. The topological polar surface area (TPSA) is 26.0 Å². The molecular formula is C11H19NS. The van der Waals surface area contributed by atoms with E-state index in [-0.39, 0.29) is 6.04 Å². The molecular weight excluding hydrogens is 178 g/mol. The molecule has 1 heterocycles. The maximum absolute atomic E-state index is 6.18. The number of aryl methyl sites for hydroxylation is 1. The van der Waals surface area contributed by atoms with Crippen molar-refractivity contribution in [3.63, 3.8) is 0 Å². The minimum Gasteiger partial charge on any atom is -0.323 e. The van der Waals surface area contributed by atoms with Crippen molar-refractivity contribution in [2.75, 3.05) is 0 Å². The summed E-state index contributed by atoms with van der Waals surface area (Å²) in [7, 11) is 0. The standard InChI is InChI=1S/C11H19NS/c1-4-8(3)10(12)11-9(5-2)6-7-13-11/h6-8,10H,4-5,12H2,1-3H3. The number of rotatable bonds is 4. The van der Waals surface area contributed by atoms with Gasteiger partial charge in [0.05, 0.1) is 0 Å². The predicted octanol–water partition coefficient (Wildman–Crippen LogP) is 3.36. The van der Waals surface area contributed by atoms with Gasteiger partial charge in [-0.25, -0.2) is 0 Å². The van der Waals surface area contributed by atoms with E-state index in [9.17, 15) is 0 Å². The van der Waals surface area contributed by atoms with Crippen LogP contribution in [0, 0.1) is 5.92 Å². The van der Waals surface area contributed by atoms with Crippen LogP contribution in [0.4, 0.5) is 0 Å². The van der Waals surface area contributed by atoms with E-state index < -0.39 is 0 Å². The quantitative estimate of drug-likeness (QED) is 0.787. The van der Waals surface area contributed by atoms with Crippen molar-refractivity contribution in [1.82, 2.24) is 0 Å². The molecule has 0 saturated carbocycles. The Morgan fingerprint density at radius 1 is 1.46 bits per heavy atom. The molecule has 0 spiro atoms. The van der Waals surface area contributed by atoms with Crippen LogP contribution < -0.4 is 5.73 Å². The SMILES string of the molecule is CCc1ccsc1C(N)C(C)CC. The maximum Gasteiger partial charge on any atom is 0.0418 e. The highest BCUT2D eigenvalue weighted by Gasteiger charge is 2.16. The van der Waals surface area contributed by atoms with E-state index in [1.165, 1.54) is 10.4 Å². The Labute approximate surface area is 85.0 Å². The molecule has 2 heteroatoms. The Morgan fingerprint density at radius 2 is 2.15 bits per heavy atom. The molecule has 0 aliphatic rings. The zero-order valence-corrected chi connectivity index (χ0v) is 9.53. The molecule has 2 unspecified atom stereocenters. The van der Waals surface area contributed by atoms with Crippen molar-refractivity contribution in [1.29, 1.82) is 0 Å². The van der Waals surface area contributed by atoms with Gasteiger partial charge >= 0.3 is 0 Å². The van der Waals surface area contributed by atoms with E-state index in [4.69, 9.17) is 5.73 Å². The molecule has 0 amide bonds.